The van der Waals surface area contributed by atoms with Gasteiger partial charge in [-0.1, -0.05) is 109 Å². The van der Waals surface area contributed by atoms with Gasteiger partial charge in [0.1, 0.15) is 34.1 Å². The highest BCUT2D eigenvalue weighted by Gasteiger charge is 2.41. The molecule has 0 saturated carbocycles. The smallest absolute Gasteiger partial charge is 0.217 e. The van der Waals surface area contributed by atoms with Crippen molar-refractivity contribution in [1.29, 1.82) is 0 Å². The van der Waals surface area contributed by atoms with Crippen molar-refractivity contribution in [1.82, 2.24) is 24.7 Å². The number of carbonyl (C=O) groups is 1. The van der Waals surface area contributed by atoms with Crippen LogP contribution in [0.15, 0.2) is 164 Å². The maximum absolute atomic E-state index is 11.4. The number of benzene rings is 6. The van der Waals surface area contributed by atoms with E-state index in [0.29, 0.717) is 13.1 Å². The highest BCUT2D eigenvalue weighted by molar-refractivity contribution is 7.88. The Hall–Kier alpha value is -6.84. The SMILES string of the molecule is CC(=O)NCc1cccc(C2=CC3(CCN(C)CC3)Oc3ccccc32)c1.CN1CCC2(C=C(c3cccc(CN)c3)c3ccccc3O2)CC1.CN1CCC2(C=C(c3cccc(CNS(C)(=O)=O)c3)c3ccccc3O2)CC1. The van der Waals surface area contributed by atoms with E-state index in [1.807, 2.05) is 36.4 Å². The number of para-hydroxylation sites is 3. The lowest BCUT2D eigenvalue weighted by Gasteiger charge is -2.42. The molecular formula is C66H76N6O6S. The van der Waals surface area contributed by atoms with E-state index in [1.165, 1.54) is 34.1 Å². The summed E-state index contributed by atoms with van der Waals surface area (Å²) in [7, 11) is 3.27. The predicted octanol–water partition coefficient (Wildman–Crippen LogP) is 10.1. The molecule has 6 aliphatic rings. The minimum Gasteiger partial charge on any atom is -0.482 e. The van der Waals surface area contributed by atoms with Gasteiger partial charge in [-0.25, -0.2) is 13.1 Å². The zero-order valence-corrected chi connectivity index (χ0v) is 47.3. The maximum Gasteiger partial charge on any atom is 0.217 e. The predicted molar refractivity (Wildman–Crippen MR) is 317 cm³/mol. The third kappa shape index (κ3) is 13.4. The molecule has 1 amide bonds. The van der Waals surface area contributed by atoms with Crippen LogP contribution in [0.4, 0.5) is 0 Å². The van der Waals surface area contributed by atoms with Gasteiger partial charge >= 0.3 is 0 Å². The largest absolute Gasteiger partial charge is 0.482 e. The molecule has 4 N–H and O–H groups in total. The van der Waals surface area contributed by atoms with Crippen molar-refractivity contribution in [2.75, 3.05) is 66.7 Å². The van der Waals surface area contributed by atoms with Crippen LogP contribution in [0.25, 0.3) is 16.7 Å². The Bertz CT molecular complexity index is 3360. The normalized spacial score (nSPS) is 18.9. The van der Waals surface area contributed by atoms with Crippen molar-refractivity contribution in [3.63, 3.8) is 0 Å². The molecule has 12 rings (SSSR count). The van der Waals surface area contributed by atoms with E-state index >= 15 is 0 Å². The molecule has 13 heteroatoms. The number of nitrogens with two attached hydrogens (primary N) is 1. The van der Waals surface area contributed by atoms with Crippen molar-refractivity contribution < 1.29 is 27.4 Å². The van der Waals surface area contributed by atoms with Gasteiger partial charge in [0, 0.05) is 121 Å². The molecule has 3 fully saturated rings. The first-order chi connectivity index (χ1) is 38.1. The lowest BCUT2D eigenvalue weighted by Crippen LogP contribution is -2.46. The number of sulfonamides is 1. The zero-order chi connectivity index (χ0) is 55.2. The first-order valence-electron chi connectivity index (χ1n) is 27.8. The van der Waals surface area contributed by atoms with Crippen LogP contribution in [0.5, 0.6) is 17.2 Å². The van der Waals surface area contributed by atoms with E-state index in [2.05, 4.69) is 173 Å². The number of amides is 1. The number of hydrogen-bond donors (Lipinski definition) is 3. The number of rotatable bonds is 9. The van der Waals surface area contributed by atoms with Crippen LogP contribution in [0.2, 0.25) is 0 Å². The summed E-state index contributed by atoms with van der Waals surface area (Å²) in [4.78, 5) is 18.3. The van der Waals surface area contributed by atoms with E-state index in [9.17, 15) is 13.2 Å². The zero-order valence-electron chi connectivity index (χ0n) is 46.5. The van der Waals surface area contributed by atoms with E-state index in [0.717, 1.165) is 134 Å². The Morgan fingerprint density at radius 3 is 1.16 bits per heavy atom. The molecule has 12 nitrogen and oxygen atoms in total. The summed E-state index contributed by atoms with van der Waals surface area (Å²) in [6.07, 6.45) is 14.1. The number of nitrogens with zero attached hydrogens (tertiary/aromatic N) is 3. The van der Waals surface area contributed by atoms with Crippen molar-refractivity contribution >= 4 is 32.6 Å². The van der Waals surface area contributed by atoms with Gasteiger partial charge in [-0.2, -0.15) is 0 Å². The molecule has 0 unspecified atom stereocenters. The second-order valence-electron chi connectivity index (χ2n) is 22.4. The van der Waals surface area contributed by atoms with Crippen LogP contribution in [0, 0.1) is 0 Å². The second kappa shape index (κ2) is 23.9. The summed E-state index contributed by atoms with van der Waals surface area (Å²) < 4.78 is 44.9. The molecule has 0 bridgehead atoms. The number of piperidine rings is 3. The number of likely N-dealkylation sites (tertiary alicyclic amines) is 3. The summed E-state index contributed by atoms with van der Waals surface area (Å²) in [5, 5.41) is 2.88. The topological polar surface area (TPSA) is 139 Å². The first-order valence-corrected chi connectivity index (χ1v) is 29.7. The Kier molecular flexibility index (Phi) is 16.8. The number of ether oxygens (including phenoxy) is 3. The standard InChI is InChI=1S/C23H26N2O2.C22H26N2O3S.C21H24N2O/c1-17(26)24-16-18-6-5-7-19(14-18)21-15-23(10-12-25(2)13-11-23)27-22-9-4-3-8-20(21)22;1-24-12-10-22(11-13-24)15-20(19-8-3-4-9-21(19)27-22)18-7-5-6-17(14-18)16-23-28(2,25)26;1-23-11-9-21(10-12-23)14-19(17-6-4-5-16(13-17)15-22)18-7-2-3-8-20(18)24-21/h3-9,14-15H,10-13,16H2,1-2H3,(H,24,26);3-9,14-15,23H,10-13,16H2,1-2H3;2-8,13-14H,9-12,15,22H2,1H3. The number of carbonyl (C=O) groups excluding carboxylic acids is 1. The molecule has 0 aliphatic carbocycles. The second-order valence-corrected chi connectivity index (χ2v) is 24.2. The van der Waals surface area contributed by atoms with E-state index in [4.69, 9.17) is 19.9 Å². The molecule has 6 aliphatic heterocycles. The molecule has 412 valence electrons. The fraction of sp³-hybridized carbons (Fsp3) is 0.348. The average molecular weight is 1080 g/mol. The molecule has 0 aromatic heterocycles. The van der Waals surface area contributed by atoms with E-state index < -0.39 is 10.0 Å². The van der Waals surface area contributed by atoms with Gasteiger partial charge in [0.15, 0.2) is 0 Å². The minimum atomic E-state index is -3.23. The van der Waals surface area contributed by atoms with Crippen LogP contribution < -0.4 is 30.0 Å². The molecule has 6 aromatic carbocycles. The van der Waals surface area contributed by atoms with Crippen LogP contribution in [0.1, 0.15) is 95.5 Å². The Morgan fingerprint density at radius 1 is 0.494 bits per heavy atom. The average Bonchev–Trinajstić information content (AvgIpc) is 3.66. The Labute approximate surface area is 468 Å². The van der Waals surface area contributed by atoms with Gasteiger partial charge in [-0.15, -0.1) is 0 Å². The van der Waals surface area contributed by atoms with E-state index in [1.54, 1.807) is 6.92 Å². The Balaban J connectivity index is 0.000000134. The lowest BCUT2D eigenvalue weighted by molar-refractivity contribution is -0.119. The molecule has 0 radical (unpaired) electrons. The molecular weight excluding hydrogens is 1000 g/mol. The molecule has 3 saturated heterocycles. The van der Waals surface area contributed by atoms with Crippen LogP contribution >= 0.6 is 0 Å². The molecule has 3 spiro atoms. The van der Waals surface area contributed by atoms with Gasteiger partial charge in [-0.05, 0) is 126 Å². The molecule has 79 heavy (non-hydrogen) atoms. The summed E-state index contributed by atoms with van der Waals surface area (Å²) in [6.45, 7) is 9.15. The molecule has 0 atom stereocenters. The van der Waals surface area contributed by atoms with Gasteiger partial charge in [0.25, 0.3) is 0 Å². The Morgan fingerprint density at radius 2 is 0.823 bits per heavy atom. The van der Waals surface area contributed by atoms with Crippen molar-refractivity contribution in [3.8, 4) is 17.2 Å². The minimum absolute atomic E-state index is 0.0127. The summed E-state index contributed by atoms with van der Waals surface area (Å²) in [5.41, 5.74) is 18.9. The number of fused-ring (bicyclic) bond motifs is 3. The number of hydrogen-bond acceptors (Lipinski definition) is 10. The fourth-order valence-electron chi connectivity index (χ4n) is 11.6. The van der Waals surface area contributed by atoms with Gasteiger partial charge in [0.2, 0.25) is 15.9 Å². The van der Waals surface area contributed by atoms with Crippen LogP contribution in [0.3, 0.4) is 0 Å². The molecule has 6 heterocycles. The summed E-state index contributed by atoms with van der Waals surface area (Å²) >= 11 is 0. The lowest BCUT2D eigenvalue weighted by atomic mass is 9.83. The highest BCUT2D eigenvalue weighted by Crippen LogP contribution is 2.46. The first kappa shape index (κ1) is 55.5. The van der Waals surface area contributed by atoms with Crippen LogP contribution in [-0.2, 0) is 34.5 Å². The quantitative estimate of drug-likeness (QED) is 0.128. The number of nitrogens with one attached hydrogen (secondary N) is 2. The third-order valence-corrected chi connectivity index (χ3v) is 16.9. The van der Waals surface area contributed by atoms with Crippen LogP contribution in [-0.4, -0.2) is 112 Å². The highest BCUT2D eigenvalue weighted by atomic mass is 32.2. The molecule has 6 aromatic rings. The summed E-state index contributed by atoms with van der Waals surface area (Å²) in [6, 6.07) is 49.9. The van der Waals surface area contributed by atoms with E-state index in [-0.39, 0.29) is 29.3 Å². The van der Waals surface area contributed by atoms with Gasteiger partial charge in [-0.3, -0.25) is 4.79 Å². The van der Waals surface area contributed by atoms with Crippen molar-refractivity contribution in [2.24, 2.45) is 5.73 Å². The van der Waals surface area contributed by atoms with Gasteiger partial charge < -0.3 is 40.0 Å². The van der Waals surface area contributed by atoms with Crippen molar-refractivity contribution in [3.05, 3.63) is 214 Å². The van der Waals surface area contributed by atoms with Gasteiger partial charge in [0.05, 0.1) is 6.26 Å². The monoisotopic (exact) mass is 1080 g/mol. The fourth-order valence-corrected chi connectivity index (χ4v) is 12.0. The van der Waals surface area contributed by atoms with Crippen molar-refractivity contribution in [2.45, 2.75) is 81.9 Å². The maximum atomic E-state index is 11.4. The summed E-state index contributed by atoms with van der Waals surface area (Å²) in [5.74, 6) is 2.87. The third-order valence-electron chi connectivity index (χ3n) is 16.2.